The van der Waals surface area contributed by atoms with Crippen LogP contribution in [-0.4, -0.2) is 17.2 Å². The topological polar surface area (TPSA) is 61.7 Å². The third kappa shape index (κ3) is 4.38. The van der Waals surface area contributed by atoms with Crippen molar-refractivity contribution in [3.8, 4) is 5.75 Å². The third-order valence-corrected chi connectivity index (χ3v) is 4.96. The van der Waals surface area contributed by atoms with E-state index < -0.39 is 0 Å². The van der Waals surface area contributed by atoms with Crippen LogP contribution in [0, 0.1) is 3.57 Å². The van der Waals surface area contributed by atoms with Crippen LogP contribution >= 0.6 is 38.5 Å². The monoisotopic (exact) mass is 508 g/mol. The van der Waals surface area contributed by atoms with Crippen LogP contribution in [0.2, 0.25) is 0 Å². The molecule has 3 aromatic carbocycles. The van der Waals surface area contributed by atoms with E-state index in [9.17, 15) is 9.90 Å². The van der Waals surface area contributed by atoms with Crippen molar-refractivity contribution < 1.29 is 9.90 Å². The molecule has 2 N–H and O–H groups in total. The zero-order valence-electron chi connectivity index (χ0n) is 13.0. The highest BCUT2D eigenvalue weighted by Crippen LogP contribution is 2.27. The number of phenolic OH excluding ortho intramolecular Hbond substituents is 1. The second-order valence-electron chi connectivity index (χ2n) is 5.43. The first kappa shape index (κ1) is 17.9. The lowest BCUT2D eigenvalue weighted by atomic mass is 10.0. The summed E-state index contributed by atoms with van der Waals surface area (Å²) in [6, 6.07) is 17.4. The van der Waals surface area contributed by atoms with Crippen LogP contribution in [0.25, 0.3) is 10.8 Å². The van der Waals surface area contributed by atoms with Gasteiger partial charge >= 0.3 is 0 Å². The highest BCUT2D eigenvalue weighted by molar-refractivity contribution is 14.1. The number of nitrogens with one attached hydrogen (secondary N) is 1. The molecule has 0 spiro atoms. The van der Waals surface area contributed by atoms with Gasteiger partial charge in [-0.05, 0) is 51.1 Å². The maximum atomic E-state index is 12.2. The minimum Gasteiger partial charge on any atom is -0.506 e. The Kier molecular flexibility index (Phi) is 5.70. The number of amides is 1. The van der Waals surface area contributed by atoms with Crippen molar-refractivity contribution in [3.63, 3.8) is 0 Å². The summed E-state index contributed by atoms with van der Waals surface area (Å²) in [7, 11) is 0. The Hall–Kier alpha value is -1.93. The van der Waals surface area contributed by atoms with Gasteiger partial charge < -0.3 is 5.11 Å². The Balaban J connectivity index is 1.71. The second kappa shape index (κ2) is 7.97. The highest BCUT2D eigenvalue weighted by Gasteiger charge is 2.07. The number of hydrogen-bond acceptors (Lipinski definition) is 3. The van der Waals surface area contributed by atoms with Crippen molar-refractivity contribution in [2.45, 2.75) is 6.42 Å². The molecule has 25 heavy (non-hydrogen) atoms. The van der Waals surface area contributed by atoms with E-state index in [1.807, 2.05) is 65.1 Å². The lowest BCUT2D eigenvalue weighted by molar-refractivity contribution is -0.120. The summed E-state index contributed by atoms with van der Waals surface area (Å²) in [5, 5.41) is 16.1. The second-order valence-corrected chi connectivity index (χ2v) is 7.51. The molecule has 3 aromatic rings. The summed E-state index contributed by atoms with van der Waals surface area (Å²) in [4.78, 5) is 12.2. The maximum absolute atomic E-state index is 12.2. The third-order valence-electron chi connectivity index (χ3n) is 3.68. The first-order valence-electron chi connectivity index (χ1n) is 7.51. The zero-order valence-corrected chi connectivity index (χ0v) is 16.8. The molecule has 0 aliphatic carbocycles. The molecule has 6 heteroatoms. The average molecular weight is 509 g/mol. The minimum atomic E-state index is -0.211. The highest BCUT2D eigenvalue weighted by atomic mass is 127. The van der Waals surface area contributed by atoms with E-state index in [0.717, 1.165) is 20.8 Å². The Morgan fingerprint density at radius 2 is 1.96 bits per heavy atom. The van der Waals surface area contributed by atoms with Gasteiger partial charge in [0, 0.05) is 10.0 Å². The van der Waals surface area contributed by atoms with Gasteiger partial charge in [0.15, 0.2) is 0 Å². The van der Waals surface area contributed by atoms with E-state index in [0.29, 0.717) is 9.13 Å². The molecule has 3 rings (SSSR count). The number of carbonyl (C=O) groups is 1. The van der Waals surface area contributed by atoms with Gasteiger partial charge in [0.1, 0.15) is 5.75 Å². The lowest BCUT2D eigenvalue weighted by Crippen LogP contribution is -2.19. The molecule has 0 saturated heterocycles. The molecule has 0 heterocycles. The van der Waals surface area contributed by atoms with Gasteiger partial charge in [-0.25, -0.2) is 5.43 Å². The number of hydrogen-bond donors (Lipinski definition) is 2. The SMILES string of the molecule is O=C(Cc1cccc2ccccc12)N/N=C/c1cc(Br)cc(I)c1O. The molecule has 0 fully saturated rings. The first-order chi connectivity index (χ1) is 12.0. The molecule has 1 amide bonds. The van der Waals surface area contributed by atoms with Crippen LogP contribution in [0.15, 0.2) is 64.2 Å². The Bertz CT molecular complexity index is 968. The number of halogens is 2. The molecule has 0 atom stereocenters. The van der Waals surface area contributed by atoms with E-state index in [-0.39, 0.29) is 18.1 Å². The summed E-state index contributed by atoms with van der Waals surface area (Å²) in [5.41, 5.74) is 3.99. The Morgan fingerprint density at radius 1 is 1.20 bits per heavy atom. The summed E-state index contributed by atoms with van der Waals surface area (Å²) < 4.78 is 1.54. The molecule has 0 aromatic heterocycles. The van der Waals surface area contributed by atoms with Crippen molar-refractivity contribution in [2.24, 2.45) is 5.10 Å². The Labute approximate surface area is 167 Å². The van der Waals surface area contributed by atoms with Crippen molar-refractivity contribution >= 4 is 61.4 Å². The van der Waals surface area contributed by atoms with E-state index >= 15 is 0 Å². The number of nitrogens with zero attached hydrogens (tertiary/aromatic N) is 1. The van der Waals surface area contributed by atoms with Crippen LogP contribution in [0.4, 0.5) is 0 Å². The Morgan fingerprint density at radius 3 is 2.80 bits per heavy atom. The van der Waals surface area contributed by atoms with Gasteiger partial charge in [-0.1, -0.05) is 58.4 Å². The van der Waals surface area contributed by atoms with Gasteiger partial charge in [-0.15, -0.1) is 0 Å². The van der Waals surface area contributed by atoms with E-state index in [1.54, 1.807) is 12.1 Å². The quantitative estimate of drug-likeness (QED) is 0.307. The molecular formula is C19H14BrIN2O2. The molecule has 0 aliphatic rings. The first-order valence-corrected chi connectivity index (χ1v) is 9.38. The number of aromatic hydroxyl groups is 1. The lowest BCUT2D eigenvalue weighted by Gasteiger charge is -2.06. The number of fused-ring (bicyclic) bond motifs is 1. The van der Waals surface area contributed by atoms with Gasteiger partial charge in [0.25, 0.3) is 0 Å². The number of benzene rings is 3. The molecule has 0 radical (unpaired) electrons. The predicted molar refractivity (Wildman–Crippen MR) is 112 cm³/mol. The van der Waals surface area contributed by atoms with E-state index in [1.165, 1.54) is 6.21 Å². The van der Waals surface area contributed by atoms with Crippen LogP contribution in [0.3, 0.4) is 0 Å². The molecule has 4 nitrogen and oxygen atoms in total. The normalized spacial score (nSPS) is 11.1. The summed E-state index contributed by atoms with van der Waals surface area (Å²) in [6.45, 7) is 0. The molecule has 0 saturated carbocycles. The molecule has 0 bridgehead atoms. The van der Waals surface area contributed by atoms with Gasteiger partial charge in [0.05, 0.1) is 16.2 Å². The predicted octanol–water partition coefficient (Wildman–Crippen LogP) is 4.61. The zero-order chi connectivity index (χ0) is 17.8. The van der Waals surface area contributed by atoms with Crippen molar-refractivity contribution in [2.75, 3.05) is 0 Å². The molecule has 126 valence electrons. The number of hydrazone groups is 1. The summed E-state index contributed by atoms with van der Waals surface area (Å²) in [6.07, 6.45) is 1.67. The van der Waals surface area contributed by atoms with Gasteiger partial charge in [-0.2, -0.15) is 5.10 Å². The van der Waals surface area contributed by atoms with Crippen LogP contribution in [-0.2, 0) is 11.2 Å². The van der Waals surface area contributed by atoms with Gasteiger partial charge in [-0.3, -0.25) is 4.79 Å². The smallest absolute Gasteiger partial charge is 0.244 e. The largest absolute Gasteiger partial charge is 0.506 e. The number of carbonyl (C=O) groups excluding carboxylic acids is 1. The van der Waals surface area contributed by atoms with E-state index in [4.69, 9.17) is 0 Å². The van der Waals surface area contributed by atoms with Crippen LogP contribution < -0.4 is 5.43 Å². The molecule has 0 aliphatic heterocycles. The van der Waals surface area contributed by atoms with Crippen molar-refractivity contribution in [1.29, 1.82) is 0 Å². The van der Waals surface area contributed by atoms with Crippen molar-refractivity contribution in [1.82, 2.24) is 5.43 Å². The fourth-order valence-electron chi connectivity index (χ4n) is 2.52. The standard InChI is InChI=1S/C19H14BrIN2O2/c20-15-8-14(19(25)17(21)10-15)11-22-23-18(24)9-13-6-3-5-12-4-1-2-7-16(12)13/h1-8,10-11,25H,9H2,(H,23,24)/b22-11+. The number of rotatable bonds is 4. The summed E-state index contributed by atoms with van der Waals surface area (Å²) in [5.74, 6) is -0.0763. The van der Waals surface area contributed by atoms with Gasteiger partial charge in [0.2, 0.25) is 5.91 Å². The van der Waals surface area contributed by atoms with Crippen LogP contribution in [0.1, 0.15) is 11.1 Å². The molecule has 0 unspecified atom stereocenters. The minimum absolute atomic E-state index is 0.135. The molecular weight excluding hydrogens is 495 g/mol. The fraction of sp³-hybridized carbons (Fsp3) is 0.0526. The van der Waals surface area contributed by atoms with Crippen LogP contribution in [0.5, 0.6) is 5.75 Å². The summed E-state index contributed by atoms with van der Waals surface area (Å²) >= 11 is 5.41. The van der Waals surface area contributed by atoms with E-state index in [2.05, 4.69) is 26.5 Å². The number of phenols is 1. The maximum Gasteiger partial charge on any atom is 0.244 e. The van der Waals surface area contributed by atoms with Crippen molar-refractivity contribution in [3.05, 3.63) is 73.8 Å². The average Bonchev–Trinajstić information content (AvgIpc) is 2.59. The fourth-order valence-corrected chi connectivity index (χ4v) is 4.07.